The van der Waals surface area contributed by atoms with Gasteiger partial charge in [0.25, 0.3) is 0 Å². The molecule has 1 heterocycles. The fourth-order valence-corrected chi connectivity index (χ4v) is 2.03. The van der Waals surface area contributed by atoms with Crippen LogP contribution in [0.3, 0.4) is 0 Å². The first-order chi connectivity index (χ1) is 7.11. The van der Waals surface area contributed by atoms with Crippen molar-refractivity contribution in [1.82, 2.24) is 10.2 Å². The topological polar surface area (TPSA) is 29.0 Å². The minimum absolute atomic E-state index is 0.512. The molecule has 1 aromatic rings. The monoisotopic (exact) mass is 225 g/mol. The average Bonchev–Trinajstić information content (AvgIpc) is 2.11. The molecule has 82 valence electrons. The molecule has 0 unspecified atom stereocenters. The summed E-state index contributed by atoms with van der Waals surface area (Å²) in [7, 11) is 2.09. The van der Waals surface area contributed by atoms with E-state index in [2.05, 4.69) is 29.1 Å². The fourth-order valence-electron chi connectivity index (χ4n) is 1.85. The van der Waals surface area contributed by atoms with Gasteiger partial charge in [0.2, 0.25) is 0 Å². The minimum Gasteiger partial charge on any atom is -0.355 e. The molecule has 1 aromatic heterocycles. The zero-order valence-corrected chi connectivity index (χ0v) is 10.2. The van der Waals surface area contributed by atoms with Crippen LogP contribution >= 0.6 is 11.6 Å². The van der Waals surface area contributed by atoms with Crippen LogP contribution in [-0.4, -0.2) is 23.3 Å². The highest BCUT2D eigenvalue weighted by molar-refractivity contribution is 6.30. The van der Waals surface area contributed by atoms with Crippen LogP contribution in [0.25, 0.3) is 0 Å². The third-order valence-electron chi connectivity index (χ3n) is 3.40. The molecule has 4 heteroatoms. The van der Waals surface area contributed by atoms with Crippen molar-refractivity contribution < 1.29 is 0 Å². The van der Waals surface area contributed by atoms with Crippen LogP contribution in [-0.2, 0) is 0 Å². The van der Waals surface area contributed by atoms with Gasteiger partial charge in [-0.25, -0.2) is 0 Å². The van der Waals surface area contributed by atoms with Gasteiger partial charge in [-0.2, -0.15) is 0 Å². The van der Waals surface area contributed by atoms with E-state index in [9.17, 15) is 0 Å². The van der Waals surface area contributed by atoms with E-state index in [1.54, 1.807) is 0 Å². The van der Waals surface area contributed by atoms with E-state index in [-0.39, 0.29) is 0 Å². The van der Waals surface area contributed by atoms with Gasteiger partial charge in [0.1, 0.15) is 0 Å². The van der Waals surface area contributed by atoms with E-state index in [0.29, 0.717) is 11.2 Å². The van der Waals surface area contributed by atoms with Gasteiger partial charge in [-0.15, -0.1) is 10.2 Å². The number of hydrogen-bond donors (Lipinski definition) is 0. The van der Waals surface area contributed by atoms with Gasteiger partial charge in [-0.05, 0) is 44.2 Å². The standard InChI is InChI=1S/C11H16ClN3/c1-7-8(2)11(14-13-10(7)12)15(3)9-5-4-6-9/h9H,4-6H2,1-3H3. The van der Waals surface area contributed by atoms with Gasteiger partial charge in [0.15, 0.2) is 11.0 Å². The molecule has 0 spiro atoms. The Labute approximate surface area is 95.5 Å². The molecule has 0 saturated heterocycles. The Bertz CT molecular complexity index is 374. The lowest BCUT2D eigenvalue weighted by Crippen LogP contribution is -2.38. The molecular weight excluding hydrogens is 210 g/mol. The normalized spacial score (nSPS) is 16.3. The zero-order valence-electron chi connectivity index (χ0n) is 9.42. The predicted octanol–water partition coefficient (Wildman–Crippen LogP) is 2.74. The quantitative estimate of drug-likeness (QED) is 0.775. The van der Waals surface area contributed by atoms with E-state index < -0.39 is 0 Å². The SMILES string of the molecule is Cc1c(Cl)nnc(N(C)C2CCC2)c1C. The highest BCUT2D eigenvalue weighted by atomic mass is 35.5. The Morgan fingerprint density at radius 2 is 1.87 bits per heavy atom. The maximum absolute atomic E-state index is 5.93. The molecule has 0 radical (unpaired) electrons. The lowest BCUT2D eigenvalue weighted by atomic mass is 9.91. The number of aromatic nitrogens is 2. The van der Waals surface area contributed by atoms with E-state index in [4.69, 9.17) is 11.6 Å². The average molecular weight is 226 g/mol. The van der Waals surface area contributed by atoms with Crippen molar-refractivity contribution in [2.75, 3.05) is 11.9 Å². The Balaban J connectivity index is 2.31. The number of nitrogens with zero attached hydrogens (tertiary/aromatic N) is 3. The number of halogens is 1. The summed E-state index contributed by atoms with van der Waals surface area (Å²) in [6.07, 6.45) is 3.85. The summed E-state index contributed by atoms with van der Waals surface area (Å²) in [6.45, 7) is 4.05. The van der Waals surface area contributed by atoms with Crippen LogP contribution in [0, 0.1) is 13.8 Å². The predicted molar refractivity (Wildman–Crippen MR) is 62.6 cm³/mol. The van der Waals surface area contributed by atoms with Gasteiger partial charge in [-0.1, -0.05) is 11.6 Å². The van der Waals surface area contributed by atoms with Crippen molar-refractivity contribution in [1.29, 1.82) is 0 Å². The molecule has 0 aromatic carbocycles. The van der Waals surface area contributed by atoms with Gasteiger partial charge in [-0.3, -0.25) is 0 Å². The summed E-state index contributed by atoms with van der Waals surface area (Å²) in [6, 6.07) is 0.638. The van der Waals surface area contributed by atoms with Crippen LogP contribution in [0.4, 0.5) is 5.82 Å². The lowest BCUT2D eigenvalue weighted by Gasteiger charge is -2.36. The smallest absolute Gasteiger partial charge is 0.155 e. The lowest BCUT2D eigenvalue weighted by molar-refractivity contribution is 0.398. The Hall–Kier alpha value is -0.830. The molecule has 2 rings (SSSR count). The molecule has 1 saturated carbocycles. The van der Waals surface area contributed by atoms with Crippen molar-refractivity contribution in [2.45, 2.75) is 39.2 Å². The molecule has 1 aliphatic rings. The zero-order chi connectivity index (χ0) is 11.0. The summed E-state index contributed by atoms with van der Waals surface area (Å²) in [4.78, 5) is 2.23. The second-order valence-electron chi connectivity index (χ2n) is 4.26. The largest absolute Gasteiger partial charge is 0.355 e. The highest BCUT2D eigenvalue weighted by Gasteiger charge is 2.24. The molecule has 15 heavy (non-hydrogen) atoms. The van der Waals surface area contributed by atoms with E-state index in [0.717, 1.165) is 16.9 Å². The minimum atomic E-state index is 0.512. The maximum atomic E-state index is 5.93. The van der Waals surface area contributed by atoms with Gasteiger partial charge >= 0.3 is 0 Å². The summed E-state index contributed by atoms with van der Waals surface area (Å²) in [5.41, 5.74) is 2.18. The molecule has 0 amide bonds. The summed E-state index contributed by atoms with van der Waals surface area (Å²) in [5, 5.41) is 8.67. The molecule has 1 fully saturated rings. The first-order valence-electron chi connectivity index (χ1n) is 5.33. The van der Waals surface area contributed by atoms with Crippen molar-refractivity contribution in [3.63, 3.8) is 0 Å². The molecular formula is C11H16ClN3. The first-order valence-corrected chi connectivity index (χ1v) is 5.71. The molecule has 3 nitrogen and oxygen atoms in total. The van der Waals surface area contributed by atoms with Crippen molar-refractivity contribution in [3.05, 3.63) is 16.3 Å². The van der Waals surface area contributed by atoms with Crippen LogP contribution in [0.2, 0.25) is 5.15 Å². The Morgan fingerprint density at radius 3 is 2.40 bits per heavy atom. The van der Waals surface area contributed by atoms with Crippen molar-refractivity contribution in [3.8, 4) is 0 Å². The summed E-state index contributed by atoms with van der Waals surface area (Å²) >= 11 is 5.93. The molecule has 0 bridgehead atoms. The number of hydrogen-bond acceptors (Lipinski definition) is 3. The van der Waals surface area contributed by atoms with Crippen LogP contribution in [0.1, 0.15) is 30.4 Å². The second kappa shape index (κ2) is 3.97. The molecule has 0 aliphatic heterocycles. The first kappa shape index (κ1) is 10.7. The van der Waals surface area contributed by atoms with Gasteiger partial charge in [0, 0.05) is 13.1 Å². The van der Waals surface area contributed by atoms with E-state index in [1.165, 1.54) is 19.3 Å². The van der Waals surface area contributed by atoms with Crippen LogP contribution < -0.4 is 4.90 Å². The molecule has 0 N–H and O–H groups in total. The molecule has 0 atom stereocenters. The Morgan fingerprint density at radius 1 is 1.20 bits per heavy atom. The number of anilines is 1. The van der Waals surface area contributed by atoms with Crippen molar-refractivity contribution in [2.24, 2.45) is 0 Å². The maximum Gasteiger partial charge on any atom is 0.155 e. The Kier molecular flexibility index (Phi) is 2.83. The van der Waals surface area contributed by atoms with Crippen LogP contribution in [0.15, 0.2) is 0 Å². The van der Waals surface area contributed by atoms with Crippen molar-refractivity contribution >= 4 is 17.4 Å². The van der Waals surface area contributed by atoms with E-state index >= 15 is 0 Å². The third-order valence-corrected chi connectivity index (χ3v) is 3.76. The summed E-state index contributed by atoms with van der Waals surface area (Å²) in [5.74, 6) is 0.974. The molecule has 1 aliphatic carbocycles. The van der Waals surface area contributed by atoms with E-state index in [1.807, 2.05) is 6.92 Å². The van der Waals surface area contributed by atoms with Gasteiger partial charge < -0.3 is 4.90 Å². The third kappa shape index (κ3) is 1.81. The summed E-state index contributed by atoms with van der Waals surface area (Å²) < 4.78 is 0. The second-order valence-corrected chi connectivity index (χ2v) is 4.62. The highest BCUT2D eigenvalue weighted by Crippen LogP contribution is 2.30. The van der Waals surface area contributed by atoms with Gasteiger partial charge in [0.05, 0.1) is 0 Å². The fraction of sp³-hybridized carbons (Fsp3) is 0.636. The van der Waals surface area contributed by atoms with Crippen LogP contribution in [0.5, 0.6) is 0 Å². The number of rotatable bonds is 2.